The second kappa shape index (κ2) is 7.91. The smallest absolute Gasteiger partial charge is 0.246 e. The molecule has 3 aromatic rings. The van der Waals surface area contributed by atoms with Crippen molar-refractivity contribution in [3.63, 3.8) is 0 Å². The van der Waals surface area contributed by atoms with E-state index in [9.17, 15) is 9.59 Å². The van der Waals surface area contributed by atoms with Crippen molar-refractivity contribution in [1.82, 2.24) is 0 Å². The third-order valence-corrected chi connectivity index (χ3v) is 6.09. The fourth-order valence-electron chi connectivity index (χ4n) is 4.06. The molecule has 1 atom stereocenters. The number of rotatable bonds is 4. The molecule has 5 nitrogen and oxygen atoms in total. The Balaban J connectivity index is 1.93. The summed E-state index contributed by atoms with van der Waals surface area (Å²) >= 11 is 12.8. The highest BCUT2D eigenvalue weighted by Crippen LogP contribution is 2.52. The van der Waals surface area contributed by atoms with E-state index in [-0.39, 0.29) is 11.8 Å². The topological polar surface area (TPSA) is 58.6 Å². The number of halogens is 2. The predicted molar refractivity (Wildman–Crippen MR) is 124 cm³/mol. The van der Waals surface area contributed by atoms with Crippen LogP contribution in [0.5, 0.6) is 5.75 Å². The van der Waals surface area contributed by atoms with Gasteiger partial charge in [0.05, 0.1) is 18.5 Å². The van der Waals surface area contributed by atoms with Gasteiger partial charge in [0.2, 0.25) is 11.8 Å². The number of nitrogens with one attached hydrogen (secondary N) is 1. The first-order valence-electron chi connectivity index (χ1n) is 9.62. The summed E-state index contributed by atoms with van der Waals surface area (Å²) in [5, 5.41) is 3.75. The molecule has 0 spiro atoms. The van der Waals surface area contributed by atoms with Crippen LogP contribution in [0.25, 0.3) is 0 Å². The molecule has 1 aliphatic heterocycles. The van der Waals surface area contributed by atoms with Crippen molar-refractivity contribution < 1.29 is 14.3 Å². The average Bonchev–Trinajstić information content (AvgIpc) is 2.95. The molecule has 0 fully saturated rings. The van der Waals surface area contributed by atoms with Gasteiger partial charge in [0.1, 0.15) is 11.2 Å². The number of hydrogen-bond donors (Lipinski definition) is 1. The van der Waals surface area contributed by atoms with Crippen LogP contribution in [0.1, 0.15) is 25.0 Å². The highest BCUT2D eigenvalue weighted by molar-refractivity contribution is 6.33. The van der Waals surface area contributed by atoms with Crippen molar-refractivity contribution in [1.29, 1.82) is 0 Å². The minimum absolute atomic E-state index is 0.177. The van der Waals surface area contributed by atoms with Crippen molar-refractivity contribution in [2.45, 2.75) is 19.3 Å². The zero-order chi connectivity index (χ0) is 22.3. The molecule has 2 amide bonds. The summed E-state index contributed by atoms with van der Waals surface area (Å²) in [7, 11) is 1.52. The summed E-state index contributed by atoms with van der Waals surface area (Å²) in [6, 6.07) is 17.8. The molecule has 31 heavy (non-hydrogen) atoms. The summed E-state index contributed by atoms with van der Waals surface area (Å²) in [6.45, 7) is 3.28. The van der Waals surface area contributed by atoms with Gasteiger partial charge in [-0.15, -0.1) is 0 Å². The first-order chi connectivity index (χ1) is 14.8. The van der Waals surface area contributed by atoms with Gasteiger partial charge in [-0.2, -0.15) is 0 Å². The number of fused-ring (bicyclic) bond motifs is 1. The van der Waals surface area contributed by atoms with Crippen LogP contribution in [0.3, 0.4) is 0 Å². The van der Waals surface area contributed by atoms with E-state index in [0.717, 1.165) is 5.56 Å². The summed E-state index contributed by atoms with van der Waals surface area (Å²) in [6.07, 6.45) is 0. The Bertz CT molecular complexity index is 1210. The number of amides is 2. The van der Waals surface area contributed by atoms with Gasteiger partial charge in [0, 0.05) is 28.7 Å². The lowest BCUT2D eigenvalue weighted by Gasteiger charge is -2.27. The Kier molecular flexibility index (Phi) is 5.42. The number of ether oxygens (including phenoxy) is 1. The van der Waals surface area contributed by atoms with Crippen molar-refractivity contribution in [3.05, 3.63) is 81.8 Å². The summed E-state index contributed by atoms with van der Waals surface area (Å²) in [5.74, 6) is 0.0747. The van der Waals surface area contributed by atoms with Gasteiger partial charge in [-0.05, 0) is 54.4 Å². The molecule has 7 heteroatoms. The van der Waals surface area contributed by atoms with E-state index in [2.05, 4.69) is 5.32 Å². The van der Waals surface area contributed by atoms with Crippen LogP contribution in [-0.2, 0) is 15.0 Å². The molecule has 158 valence electrons. The van der Waals surface area contributed by atoms with Gasteiger partial charge < -0.3 is 10.1 Å². The number of hydrogen-bond acceptors (Lipinski definition) is 3. The Hall–Kier alpha value is -3.02. The molecular formula is C24H20Cl2N2O3. The molecule has 4 rings (SSSR count). The zero-order valence-corrected chi connectivity index (χ0v) is 18.7. The predicted octanol–water partition coefficient (Wildman–Crippen LogP) is 5.94. The first-order valence-corrected chi connectivity index (χ1v) is 10.4. The highest BCUT2D eigenvalue weighted by Gasteiger charge is 2.50. The van der Waals surface area contributed by atoms with Gasteiger partial charge in [-0.1, -0.05) is 41.4 Å². The van der Waals surface area contributed by atoms with Gasteiger partial charge in [-0.25, -0.2) is 0 Å². The SMILES string of the molecule is COc1cc(NC(C)=O)ccc1N1C(=O)C(C)(c2ccccc2Cl)c2cc(Cl)ccc21. The van der Waals surface area contributed by atoms with Crippen LogP contribution >= 0.6 is 23.2 Å². The monoisotopic (exact) mass is 454 g/mol. The van der Waals surface area contributed by atoms with Crippen LogP contribution in [-0.4, -0.2) is 18.9 Å². The second-order valence-corrected chi connectivity index (χ2v) is 8.32. The van der Waals surface area contributed by atoms with E-state index >= 15 is 0 Å². The molecule has 1 heterocycles. The molecule has 1 unspecified atom stereocenters. The Morgan fingerprint density at radius 3 is 2.39 bits per heavy atom. The van der Waals surface area contributed by atoms with E-state index < -0.39 is 5.41 Å². The average molecular weight is 455 g/mol. The third kappa shape index (κ3) is 3.44. The molecule has 0 aliphatic carbocycles. The normalized spacial score (nSPS) is 17.5. The van der Waals surface area contributed by atoms with E-state index in [0.29, 0.717) is 38.4 Å². The lowest BCUT2D eigenvalue weighted by Crippen LogP contribution is -2.37. The van der Waals surface area contributed by atoms with Crippen LogP contribution in [0.15, 0.2) is 60.7 Å². The number of benzene rings is 3. The number of carbonyl (C=O) groups excluding carboxylic acids is 2. The number of methoxy groups -OCH3 is 1. The van der Waals surface area contributed by atoms with Gasteiger partial charge in [-0.3, -0.25) is 14.5 Å². The number of nitrogens with zero attached hydrogens (tertiary/aromatic N) is 1. The summed E-state index contributed by atoms with van der Waals surface area (Å²) in [4.78, 5) is 27.0. The molecule has 1 aliphatic rings. The highest BCUT2D eigenvalue weighted by atomic mass is 35.5. The molecule has 0 saturated heterocycles. The lowest BCUT2D eigenvalue weighted by atomic mass is 9.77. The lowest BCUT2D eigenvalue weighted by molar-refractivity contribution is -0.120. The molecule has 3 aromatic carbocycles. The Labute approximate surface area is 190 Å². The maximum Gasteiger partial charge on any atom is 0.246 e. The minimum Gasteiger partial charge on any atom is -0.494 e. The third-order valence-electron chi connectivity index (χ3n) is 5.52. The Morgan fingerprint density at radius 1 is 1.00 bits per heavy atom. The molecule has 0 saturated carbocycles. The van der Waals surface area contributed by atoms with Gasteiger partial charge >= 0.3 is 0 Å². The summed E-state index contributed by atoms with van der Waals surface area (Å²) in [5.41, 5.74) is 2.24. The standard InChI is InChI=1S/C24H20Cl2N2O3/c1-14(29)27-16-9-11-21(22(13-16)31-3)28-20-10-8-15(25)12-18(20)24(2,23(28)30)17-6-4-5-7-19(17)26/h4-13H,1-3H3,(H,27,29). The van der Waals surface area contributed by atoms with Crippen molar-refractivity contribution in [2.24, 2.45) is 0 Å². The van der Waals surface area contributed by atoms with Crippen molar-refractivity contribution in [2.75, 3.05) is 17.3 Å². The van der Waals surface area contributed by atoms with E-state index in [1.54, 1.807) is 41.3 Å². The maximum atomic E-state index is 14.0. The fourth-order valence-corrected chi connectivity index (χ4v) is 4.56. The Morgan fingerprint density at radius 2 is 1.71 bits per heavy atom. The van der Waals surface area contributed by atoms with Crippen LogP contribution in [0.2, 0.25) is 10.0 Å². The van der Waals surface area contributed by atoms with Crippen molar-refractivity contribution in [3.8, 4) is 5.75 Å². The molecule has 0 bridgehead atoms. The number of carbonyl (C=O) groups is 2. The molecule has 1 N–H and O–H groups in total. The van der Waals surface area contributed by atoms with Gasteiger partial charge in [0.15, 0.2) is 0 Å². The zero-order valence-electron chi connectivity index (χ0n) is 17.2. The fraction of sp³-hybridized carbons (Fsp3) is 0.167. The maximum absolute atomic E-state index is 14.0. The quantitative estimate of drug-likeness (QED) is 0.530. The minimum atomic E-state index is -1.04. The van der Waals surface area contributed by atoms with E-state index in [1.165, 1.54) is 14.0 Å². The van der Waals surface area contributed by atoms with E-state index in [1.807, 2.05) is 31.2 Å². The van der Waals surface area contributed by atoms with Gasteiger partial charge in [0.25, 0.3) is 0 Å². The molecule has 0 radical (unpaired) electrons. The summed E-state index contributed by atoms with van der Waals surface area (Å²) < 4.78 is 5.57. The number of anilines is 3. The largest absolute Gasteiger partial charge is 0.494 e. The van der Waals surface area contributed by atoms with Crippen LogP contribution in [0.4, 0.5) is 17.1 Å². The molecule has 0 aromatic heterocycles. The first kappa shape index (κ1) is 21.2. The van der Waals surface area contributed by atoms with Crippen LogP contribution < -0.4 is 15.0 Å². The second-order valence-electron chi connectivity index (χ2n) is 7.47. The van der Waals surface area contributed by atoms with Crippen LogP contribution in [0, 0.1) is 0 Å². The molecular weight excluding hydrogens is 435 g/mol. The van der Waals surface area contributed by atoms with Crippen molar-refractivity contribution >= 4 is 52.1 Å². The van der Waals surface area contributed by atoms with E-state index in [4.69, 9.17) is 27.9 Å².